The van der Waals surface area contributed by atoms with Crippen LogP contribution in [0.3, 0.4) is 0 Å². The number of hydrogen-bond donors (Lipinski definition) is 0. The predicted octanol–water partition coefficient (Wildman–Crippen LogP) is 2.76. The molecule has 0 unspecified atom stereocenters. The highest BCUT2D eigenvalue weighted by atomic mass is 32.2. The summed E-state index contributed by atoms with van der Waals surface area (Å²) in [6.07, 6.45) is 0.448. The molecule has 1 heterocycles. The van der Waals surface area contributed by atoms with E-state index in [9.17, 15) is 0 Å². The monoisotopic (exact) mass is 174 g/mol. The Hall–Kier alpha value is 0.310. The van der Waals surface area contributed by atoms with Gasteiger partial charge in [0.2, 0.25) is 0 Å². The van der Waals surface area contributed by atoms with Gasteiger partial charge in [0.05, 0.1) is 6.10 Å². The van der Waals surface area contributed by atoms with E-state index in [4.69, 9.17) is 4.74 Å². The molecule has 2 heteroatoms. The number of hydrogen-bond acceptors (Lipinski definition) is 2. The Kier molecular flexibility index (Phi) is 3.26. The van der Waals surface area contributed by atoms with E-state index in [1.54, 1.807) is 0 Å². The molecule has 66 valence electrons. The quantitative estimate of drug-likeness (QED) is 0.604. The molecule has 0 N–H and O–H groups in total. The lowest BCUT2D eigenvalue weighted by Gasteiger charge is -2.34. The van der Waals surface area contributed by atoms with E-state index in [1.807, 2.05) is 11.8 Å². The molecule has 0 aromatic rings. The minimum absolute atomic E-state index is 0.432. The molecule has 1 fully saturated rings. The van der Waals surface area contributed by atoms with Crippen LogP contribution in [0.5, 0.6) is 0 Å². The van der Waals surface area contributed by atoms with Crippen LogP contribution in [0.2, 0.25) is 0 Å². The first-order chi connectivity index (χ1) is 5.11. The maximum Gasteiger partial charge on any atom is 0.105 e. The fraction of sp³-hybridized carbons (Fsp3) is 1.00. The SMILES string of the molecule is CC(C)[C@H]1O[C@@H](C)[C@H](C)CS1. The van der Waals surface area contributed by atoms with Crippen molar-refractivity contribution in [1.82, 2.24) is 0 Å². The fourth-order valence-electron chi connectivity index (χ4n) is 1.12. The fourth-order valence-corrected chi connectivity index (χ4v) is 2.52. The van der Waals surface area contributed by atoms with Crippen molar-refractivity contribution >= 4 is 11.8 Å². The average Bonchev–Trinajstić information content (AvgIpc) is 1.94. The van der Waals surface area contributed by atoms with Crippen LogP contribution in [0.4, 0.5) is 0 Å². The summed E-state index contributed by atoms with van der Waals surface area (Å²) in [4.78, 5) is 0. The highest BCUT2D eigenvalue weighted by Gasteiger charge is 2.27. The lowest BCUT2D eigenvalue weighted by atomic mass is 10.1. The van der Waals surface area contributed by atoms with Gasteiger partial charge in [0, 0.05) is 5.75 Å². The van der Waals surface area contributed by atoms with Crippen LogP contribution < -0.4 is 0 Å². The van der Waals surface area contributed by atoms with Gasteiger partial charge in [-0.3, -0.25) is 0 Å². The molecule has 0 aromatic heterocycles. The van der Waals surface area contributed by atoms with Gasteiger partial charge in [-0.15, -0.1) is 11.8 Å². The Balaban J connectivity index is 2.40. The summed E-state index contributed by atoms with van der Waals surface area (Å²) in [7, 11) is 0. The first-order valence-corrected chi connectivity index (χ1v) is 5.43. The van der Waals surface area contributed by atoms with Crippen LogP contribution >= 0.6 is 11.8 Å². The van der Waals surface area contributed by atoms with Gasteiger partial charge in [0.25, 0.3) is 0 Å². The van der Waals surface area contributed by atoms with Crippen LogP contribution in [-0.2, 0) is 4.74 Å². The van der Waals surface area contributed by atoms with Crippen LogP contribution in [0.25, 0.3) is 0 Å². The summed E-state index contributed by atoms with van der Waals surface area (Å²) < 4.78 is 5.82. The van der Waals surface area contributed by atoms with E-state index in [0.29, 0.717) is 17.5 Å². The second kappa shape index (κ2) is 3.81. The largest absolute Gasteiger partial charge is 0.364 e. The molecule has 1 nitrogen and oxygen atoms in total. The van der Waals surface area contributed by atoms with E-state index in [0.717, 1.165) is 5.92 Å². The molecule has 11 heavy (non-hydrogen) atoms. The molecule has 1 saturated heterocycles. The van der Waals surface area contributed by atoms with Gasteiger partial charge >= 0.3 is 0 Å². The number of ether oxygens (including phenoxy) is 1. The summed E-state index contributed by atoms with van der Waals surface area (Å²) in [6, 6.07) is 0. The molecular weight excluding hydrogens is 156 g/mol. The van der Waals surface area contributed by atoms with Gasteiger partial charge in [-0.25, -0.2) is 0 Å². The lowest BCUT2D eigenvalue weighted by molar-refractivity contribution is -0.00800. The Morgan fingerprint density at radius 3 is 2.45 bits per heavy atom. The molecule has 0 spiro atoms. The van der Waals surface area contributed by atoms with Crippen LogP contribution in [0.1, 0.15) is 27.7 Å². The summed E-state index contributed by atoms with van der Waals surface area (Å²) in [5, 5.41) is 0. The van der Waals surface area contributed by atoms with Gasteiger partial charge in [0.15, 0.2) is 0 Å². The predicted molar refractivity (Wildman–Crippen MR) is 50.8 cm³/mol. The summed E-state index contributed by atoms with van der Waals surface area (Å²) >= 11 is 1.96. The average molecular weight is 174 g/mol. The Morgan fingerprint density at radius 1 is 1.36 bits per heavy atom. The second-order valence-electron chi connectivity index (χ2n) is 3.76. The first-order valence-electron chi connectivity index (χ1n) is 4.38. The third-order valence-electron chi connectivity index (χ3n) is 2.22. The van der Waals surface area contributed by atoms with Gasteiger partial charge < -0.3 is 4.74 Å². The van der Waals surface area contributed by atoms with E-state index >= 15 is 0 Å². The van der Waals surface area contributed by atoms with Crippen molar-refractivity contribution in [2.45, 2.75) is 39.2 Å². The molecule has 0 aliphatic carbocycles. The third-order valence-corrected chi connectivity index (χ3v) is 3.92. The maximum atomic E-state index is 5.82. The Bertz CT molecular complexity index is 125. The van der Waals surface area contributed by atoms with E-state index in [2.05, 4.69) is 27.7 Å². The molecule has 1 aliphatic heterocycles. The third kappa shape index (κ3) is 2.38. The number of rotatable bonds is 1. The van der Waals surface area contributed by atoms with E-state index < -0.39 is 0 Å². The Morgan fingerprint density at radius 2 is 2.00 bits per heavy atom. The minimum atomic E-state index is 0.432. The van der Waals surface area contributed by atoms with Gasteiger partial charge in [-0.05, 0) is 18.8 Å². The summed E-state index contributed by atoms with van der Waals surface area (Å²) in [5.41, 5.74) is 0.432. The van der Waals surface area contributed by atoms with Crippen molar-refractivity contribution in [3.8, 4) is 0 Å². The topological polar surface area (TPSA) is 9.23 Å². The summed E-state index contributed by atoms with van der Waals surface area (Å²) in [5.74, 6) is 2.62. The van der Waals surface area contributed by atoms with Gasteiger partial charge in [-0.2, -0.15) is 0 Å². The zero-order chi connectivity index (χ0) is 8.43. The maximum absolute atomic E-state index is 5.82. The van der Waals surface area contributed by atoms with Crippen LogP contribution in [0.15, 0.2) is 0 Å². The molecule has 0 bridgehead atoms. The van der Waals surface area contributed by atoms with Crippen molar-refractivity contribution in [3.05, 3.63) is 0 Å². The molecule has 0 amide bonds. The van der Waals surface area contributed by atoms with Crippen molar-refractivity contribution in [1.29, 1.82) is 0 Å². The standard InChI is InChI=1S/C9H18OS/c1-6(2)9-10-8(4)7(3)5-11-9/h6-9H,5H2,1-4H3/t7-,8+,9+/m1/s1. The Labute approximate surface area is 73.9 Å². The molecule has 0 saturated carbocycles. The molecule has 1 rings (SSSR count). The van der Waals surface area contributed by atoms with Gasteiger partial charge in [0.1, 0.15) is 5.44 Å². The molecule has 1 aliphatic rings. The summed E-state index contributed by atoms with van der Waals surface area (Å²) in [6.45, 7) is 8.88. The second-order valence-corrected chi connectivity index (χ2v) is 4.90. The van der Waals surface area contributed by atoms with E-state index in [-0.39, 0.29) is 0 Å². The smallest absolute Gasteiger partial charge is 0.105 e. The molecule has 0 radical (unpaired) electrons. The van der Waals surface area contributed by atoms with E-state index in [1.165, 1.54) is 5.75 Å². The van der Waals surface area contributed by atoms with Crippen LogP contribution in [-0.4, -0.2) is 17.3 Å². The first kappa shape index (κ1) is 9.40. The number of thioether (sulfide) groups is 1. The molecule has 0 aromatic carbocycles. The van der Waals surface area contributed by atoms with Crippen molar-refractivity contribution in [2.75, 3.05) is 5.75 Å². The molecular formula is C9H18OS. The normalized spacial score (nSPS) is 39.5. The van der Waals surface area contributed by atoms with Crippen molar-refractivity contribution < 1.29 is 4.74 Å². The lowest BCUT2D eigenvalue weighted by Crippen LogP contribution is -2.33. The van der Waals surface area contributed by atoms with Crippen molar-refractivity contribution in [3.63, 3.8) is 0 Å². The van der Waals surface area contributed by atoms with Crippen LogP contribution in [0, 0.1) is 11.8 Å². The zero-order valence-corrected chi connectivity index (χ0v) is 8.65. The highest BCUT2D eigenvalue weighted by Crippen LogP contribution is 2.31. The zero-order valence-electron chi connectivity index (χ0n) is 7.83. The molecule has 3 atom stereocenters. The van der Waals surface area contributed by atoms with Crippen molar-refractivity contribution in [2.24, 2.45) is 11.8 Å². The van der Waals surface area contributed by atoms with Gasteiger partial charge in [-0.1, -0.05) is 20.8 Å². The highest BCUT2D eigenvalue weighted by molar-refractivity contribution is 7.99. The minimum Gasteiger partial charge on any atom is -0.364 e.